The molecule has 1 heterocycles. The number of pyridine rings is 1. The van der Waals surface area contributed by atoms with Gasteiger partial charge >= 0.3 is 0 Å². The van der Waals surface area contributed by atoms with Gasteiger partial charge in [0.05, 0.1) is 11.3 Å². The number of aliphatic hydroxyl groups excluding tert-OH is 1. The standard InChI is InChI=1S/C15H20N2O3S/c18-11-1-2-12-21(19,20)17-10-8-14-6-3-5-13-7-4-9-16-15(13)14/h3-7,9,17-18H,1-2,8,10-12H2. The Morgan fingerprint density at radius 2 is 1.95 bits per heavy atom. The van der Waals surface area contributed by atoms with Crippen LogP contribution in [0.1, 0.15) is 18.4 Å². The second kappa shape index (κ2) is 7.49. The van der Waals surface area contributed by atoms with E-state index in [1.54, 1.807) is 6.20 Å². The lowest BCUT2D eigenvalue weighted by Crippen LogP contribution is -2.28. The Morgan fingerprint density at radius 3 is 2.76 bits per heavy atom. The molecule has 1 aromatic heterocycles. The molecule has 1 aromatic carbocycles. The molecule has 114 valence electrons. The molecule has 0 aliphatic rings. The van der Waals surface area contributed by atoms with Crippen LogP contribution in [0, 0.1) is 0 Å². The third-order valence-corrected chi connectivity index (χ3v) is 4.72. The van der Waals surface area contributed by atoms with E-state index in [9.17, 15) is 8.42 Å². The molecule has 2 aromatic rings. The predicted octanol–water partition coefficient (Wildman–Crippen LogP) is 1.47. The molecule has 2 rings (SSSR count). The van der Waals surface area contributed by atoms with Crippen LogP contribution in [-0.2, 0) is 16.4 Å². The minimum Gasteiger partial charge on any atom is -0.396 e. The average molecular weight is 308 g/mol. The molecule has 5 nitrogen and oxygen atoms in total. The molecule has 0 radical (unpaired) electrons. The van der Waals surface area contributed by atoms with Crippen LogP contribution in [0.25, 0.3) is 10.9 Å². The number of hydrogen-bond donors (Lipinski definition) is 2. The molecule has 0 saturated heterocycles. The van der Waals surface area contributed by atoms with Gasteiger partial charge < -0.3 is 5.11 Å². The molecule has 0 fully saturated rings. The van der Waals surface area contributed by atoms with Crippen molar-refractivity contribution >= 4 is 20.9 Å². The SMILES string of the molecule is O=S(=O)(CCCCO)NCCc1cccc2cccnc12. The normalized spacial score (nSPS) is 11.9. The van der Waals surface area contributed by atoms with Crippen molar-refractivity contribution in [1.29, 1.82) is 0 Å². The van der Waals surface area contributed by atoms with E-state index < -0.39 is 10.0 Å². The van der Waals surface area contributed by atoms with Crippen LogP contribution in [-0.4, -0.2) is 37.4 Å². The molecule has 21 heavy (non-hydrogen) atoms. The largest absolute Gasteiger partial charge is 0.396 e. The quantitative estimate of drug-likeness (QED) is 0.724. The molecule has 0 aliphatic heterocycles. The Hall–Kier alpha value is -1.50. The molecule has 0 spiro atoms. The van der Waals surface area contributed by atoms with Gasteiger partial charge in [0.15, 0.2) is 0 Å². The number of para-hydroxylation sites is 1. The van der Waals surface area contributed by atoms with Crippen molar-refractivity contribution in [2.24, 2.45) is 0 Å². The minimum atomic E-state index is -3.26. The van der Waals surface area contributed by atoms with Gasteiger partial charge in [-0.25, -0.2) is 13.1 Å². The van der Waals surface area contributed by atoms with Gasteiger partial charge in [-0.05, 0) is 30.9 Å². The summed E-state index contributed by atoms with van der Waals surface area (Å²) in [6.07, 6.45) is 3.33. The fourth-order valence-electron chi connectivity index (χ4n) is 2.19. The van der Waals surface area contributed by atoms with Gasteiger partial charge in [-0.15, -0.1) is 0 Å². The van der Waals surface area contributed by atoms with Crippen molar-refractivity contribution < 1.29 is 13.5 Å². The highest BCUT2D eigenvalue weighted by molar-refractivity contribution is 7.89. The fraction of sp³-hybridized carbons (Fsp3) is 0.400. The van der Waals surface area contributed by atoms with Crippen molar-refractivity contribution in [2.45, 2.75) is 19.3 Å². The lowest BCUT2D eigenvalue weighted by Gasteiger charge is -2.08. The van der Waals surface area contributed by atoms with Crippen LogP contribution >= 0.6 is 0 Å². The molecule has 0 bridgehead atoms. The van der Waals surface area contributed by atoms with E-state index in [4.69, 9.17) is 5.11 Å². The summed E-state index contributed by atoms with van der Waals surface area (Å²) in [5, 5.41) is 9.72. The maximum atomic E-state index is 11.8. The van der Waals surface area contributed by atoms with E-state index in [1.165, 1.54) is 0 Å². The average Bonchev–Trinajstić information content (AvgIpc) is 2.47. The van der Waals surface area contributed by atoms with E-state index in [-0.39, 0.29) is 12.4 Å². The Balaban J connectivity index is 1.93. The molecule has 6 heteroatoms. The summed E-state index contributed by atoms with van der Waals surface area (Å²) in [4.78, 5) is 4.35. The van der Waals surface area contributed by atoms with Gasteiger partial charge in [-0.2, -0.15) is 0 Å². The Labute approximate surface area is 125 Å². The number of unbranched alkanes of at least 4 members (excludes halogenated alkanes) is 1. The van der Waals surface area contributed by atoms with Crippen molar-refractivity contribution in [3.05, 3.63) is 42.1 Å². The summed E-state index contributed by atoms with van der Waals surface area (Å²) >= 11 is 0. The molecule has 0 amide bonds. The first-order valence-electron chi connectivity index (χ1n) is 7.03. The summed E-state index contributed by atoms with van der Waals surface area (Å²) in [6.45, 7) is 0.383. The van der Waals surface area contributed by atoms with Crippen LogP contribution in [0.4, 0.5) is 0 Å². The van der Waals surface area contributed by atoms with Crippen LogP contribution in [0.2, 0.25) is 0 Å². The van der Waals surface area contributed by atoms with Gasteiger partial charge in [0.1, 0.15) is 0 Å². The monoisotopic (exact) mass is 308 g/mol. The third kappa shape index (κ3) is 4.77. The van der Waals surface area contributed by atoms with Crippen LogP contribution in [0.3, 0.4) is 0 Å². The van der Waals surface area contributed by atoms with Gasteiger partial charge in [-0.1, -0.05) is 24.3 Å². The number of hydrogen-bond acceptors (Lipinski definition) is 4. The summed E-state index contributed by atoms with van der Waals surface area (Å²) in [6, 6.07) is 9.79. The molecular weight excluding hydrogens is 288 g/mol. The summed E-state index contributed by atoms with van der Waals surface area (Å²) in [5.74, 6) is 0.0569. The zero-order valence-corrected chi connectivity index (χ0v) is 12.6. The predicted molar refractivity (Wildman–Crippen MR) is 83.6 cm³/mol. The van der Waals surface area contributed by atoms with Gasteiger partial charge in [-0.3, -0.25) is 4.98 Å². The van der Waals surface area contributed by atoms with Gasteiger partial charge in [0, 0.05) is 24.7 Å². The molecule has 0 aliphatic carbocycles. The van der Waals surface area contributed by atoms with E-state index in [0.29, 0.717) is 25.8 Å². The number of fused-ring (bicyclic) bond motifs is 1. The van der Waals surface area contributed by atoms with Crippen molar-refractivity contribution in [3.63, 3.8) is 0 Å². The number of aliphatic hydroxyl groups is 1. The first-order chi connectivity index (χ1) is 10.1. The maximum absolute atomic E-state index is 11.8. The highest BCUT2D eigenvalue weighted by Gasteiger charge is 2.09. The number of nitrogens with one attached hydrogen (secondary N) is 1. The Morgan fingerprint density at radius 1 is 1.14 bits per heavy atom. The molecular formula is C15H20N2O3S. The maximum Gasteiger partial charge on any atom is 0.211 e. The van der Waals surface area contributed by atoms with Crippen LogP contribution in [0.15, 0.2) is 36.5 Å². The number of benzene rings is 1. The number of sulfonamides is 1. The number of aromatic nitrogens is 1. The van der Waals surface area contributed by atoms with E-state index in [0.717, 1.165) is 16.5 Å². The lowest BCUT2D eigenvalue weighted by atomic mass is 10.1. The molecule has 0 saturated carbocycles. The molecule has 0 atom stereocenters. The van der Waals surface area contributed by atoms with Crippen molar-refractivity contribution in [3.8, 4) is 0 Å². The fourth-order valence-corrected chi connectivity index (χ4v) is 3.33. The highest BCUT2D eigenvalue weighted by Crippen LogP contribution is 2.16. The first-order valence-corrected chi connectivity index (χ1v) is 8.68. The molecule has 2 N–H and O–H groups in total. The second-order valence-corrected chi connectivity index (χ2v) is 6.81. The summed E-state index contributed by atoms with van der Waals surface area (Å²) in [7, 11) is -3.26. The van der Waals surface area contributed by atoms with E-state index in [2.05, 4.69) is 9.71 Å². The zero-order valence-electron chi connectivity index (χ0n) is 11.8. The van der Waals surface area contributed by atoms with Crippen molar-refractivity contribution in [2.75, 3.05) is 18.9 Å². The Bertz CT molecular complexity index is 681. The van der Waals surface area contributed by atoms with E-state index >= 15 is 0 Å². The van der Waals surface area contributed by atoms with Gasteiger partial charge in [0.25, 0.3) is 0 Å². The first kappa shape index (κ1) is 15.9. The summed E-state index contributed by atoms with van der Waals surface area (Å²) < 4.78 is 26.1. The smallest absolute Gasteiger partial charge is 0.211 e. The third-order valence-electron chi connectivity index (χ3n) is 3.25. The zero-order chi connectivity index (χ0) is 15.1. The number of rotatable bonds is 8. The Kier molecular flexibility index (Phi) is 5.67. The molecule has 0 unspecified atom stereocenters. The van der Waals surface area contributed by atoms with Crippen LogP contribution in [0.5, 0.6) is 0 Å². The van der Waals surface area contributed by atoms with E-state index in [1.807, 2.05) is 30.3 Å². The highest BCUT2D eigenvalue weighted by atomic mass is 32.2. The van der Waals surface area contributed by atoms with Crippen molar-refractivity contribution in [1.82, 2.24) is 9.71 Å². The minimum absolute atomic E-state index is 0.0250. The number of nitrogens with zero attached hydrogens (tertiary/aromatic N) is 1. The van der Waals surface area contributed by atoms with Crippen LogP contribution < -0.4 is 4.72 Å². The second-order valence-electron chi connectivity index (χ2n) is 4.89. The topological polar surface area (TPSA) is 79.3 Å². The lowest BCUT2D eigenvalue weighted by molar-refractivity contribution is 0.287. The summed E-state index contributed by atoms with van der Waals surface area (Å²) in [5.41, 5.74) is 1.95. The van der Waals surface area contributed by atoms with Gasteiger partial charge in [0.2, 0.25) is 10.0 Å².